The first-order valence-electron chi connectivity index (χ1n) is 8.29. The molecule has 2 amide bonds. The molecule has 1 saturated carbocycles. The fourth-order valence-electron chi connectivity index (χ4n) is 3.27. The molecule has 0 radical (unpaired) electrons. The third-order valence-corrected chi connectivity index (χ3v) is 4.77. The maximum atomic E-state index is 12.7. The minimum atomic E-state index is -0.535. The van der Waals surface area contributed by atoms with Crippen LogP contribution >= 0.6 is 11.6 Å². The van der Waals surface area contributed by atoms with Crippen LogP contribution in [-0.2, 0) is 9.53 Å². The van der Waals surface area contributed by atoms with E-state index in [1.54, 1.807) is 31.2 Å². The van der Waals surface area contributed by atoms with E-state index in [0.717, 1.165) is 31.2 Å². The molecule has 2 N–H and O–H groups in total. The molecule has 0 aromatic heterocycles. The molecule has 3 rings (SSSR count). The second-order valence-corrected chi connectivity index (χ2v) is 6.72. The fraction of sp³-hybridized carbons (Fsp3) is 0.444. The second kappa shape index (κ2) is 7.26. The third kappa shape index (κ3) is 3.73. The summed E-state index contributed by atoms with van der Waals surface area (Å²) in [4.78, 5) is 24.6. The first-order chi connectivity index (χ1) is 11.5. The standard InChI is InChI=1S/C18H21ClN2O3/c1-11-15(17(22)24-14-5-3-2-4-6-14)16(21-18(23)20-11)12-7-9-13(19)10-8-12/h7-10,14,16H,2-6H2,1H3,(H2,20,21,23)/t16-/m0/s1. The molecular weight excluding hydrogens is 328 g/mol. The molecule has 1 heterocycles. The lowest BCUT2D eigenvalue weighted by Gasteiger charge is -2.30. The average molecular weight is 349 g/mol. The molecule has 6 heteroatoms. The van der Waals surface area contributed by atoms with E-state index >= 15 is 0 Å². The number of ether oxygens (including phenoxy) is 1. The predicted molar refractivity (Wildman–Crippen MR) is 91.5 cm³/mol. The Morgan fingerprint density at radius 3 is 2.50 bits per heavy atom. The topological polar surface area (TPSA) is 67.4 Å². The lowest BCUT2D eigenvalue weighted by atomic mass is 9.95. The van der Waals surface area contributed by atoms with Crippen LogP contribution in [0.5, 0.6) is 0 Å². The molecule has 1 aromatic carbocycles. The molecule has 1 atom stereocenters. The Morgan fingerprint density at radius 1 is 1.17 bits per heavy atom. The van der Waals surface area contributed by atoms with Crippen molar-refractivity contribution in [1.29, 1.82) is 0 Å². The van der Waals surface area contributed by atoms with Gasteiger partial charge in [-0.2, -0.15) is 0 Å². The van der Waals surface area contributed by atoms with Gasteiger partial charge in [-0.1, -0.05) is 30.2 Å². The molecule has 5 nitrogen and oxygen atoms in total. The highest BCUT2D eigenvalue weighted by Gasteiger charge is 2.33. The van der Waals surface area contributed by atoms with Crippen LogP contribution in [0.25, 0.3) is 0 Å². The van der Waals surface area contributed by atoms with Gasteiger partial charge < -0.3 is 15.4 Å². The van der Waals surface area contributed by atoms with Gasteiger partial charge in [-0.05, 0) is 50.3 Å². The number of amides is 2. The zero-order valence-electron chi connectivity index (χ0n) is 13.6. The summed E-state index contributed by atoms with van der Waals surface area (Å²) in [7, 11) is 0. The summed E-state index contributed by atoms with van der Waals surface area (Å²) in [5, 5.41) is 6.06. The number of hydrogen-bond donors (Lipinski definition) is 2. The number of rotatable bonds is 3. The van der Waals surface area contributed by atoms with E-state index in [1.165, 1.54) is 6.42 Å². The first-order valence-corrected chi connectivity index (χ1v) is 8.67. The molecule has 0 unspecified atom stereocenters. The molecule has 1 fully saturated rings. The zero-order chi connectivity index (χ0) is 17.1. The van der Waals surface area contributed by atoms with Crippen LogP contribution < -0.4 is 10.6 Å². The second-order valence-electron chi connectivity index (χ2n) is 6.29. The highest BCUT2D eigenvalue weighted by atomic mass is 35.5. The van der Waals surface area contributed by atoms with Crippen LogP contribution in [0.4, 0.5) is 4.79 Å². The van der Waals surface area contributed by atoms with Crippen molar-refractivity contribution in [3.05, 3.63) is 46.1 Å². The number of urea groups is 1. The summed E-state index contributed by atoms with van der Waals surface area (Å²) < 4.78 is 5.70. The van der Waals surface area contributed by atoms with E-state index < -0.39 is 6.04 Å². The minimum absolute atomic E-state index is 0.0324. The van der Waals surface area contributed by atoms with Crippen LogP contribution in [-0.4, -0.2) is 18.1 Å². The average Bonchev–Trinajstić information content (AvgIpc) is 2.55. The minimum Gasteiger partial charge on any atom is -0.459 e. The molecule has 2 aliphatic rings. The molecular formula is C18H21ClN2O3. The molecule has 1 aromatic rings. The monoisotopic (exact) mass is 348 g/mol. The van der Waals surface area contributed by atoms with E-state index in [-0.39, 0.29) is 18.1 Å². The van der Waals surface area contributed by atoms with Crippen molar-refractivity contribution < 1.29 is 14.3 Å². The van der Waals surface area contributed by atoms with Gasteiger partial charge in [0.1, 0.15) is 6.10 Å². The van der Waals surface area contributed by atoms with Gasteiger partial charge in [-0.15, -0.1) is 0 Å². The summed E-state index contributed by atoms with van der Waals surface area (Å²) in [6.45, 7) is 1.72. The molecule has 1 aliphatic carbocycles. The van der Waals surface area contributed by atoms with Crippen molar-refractivity contribution in [1.82, 2.24) is 10.6 Å². The van der Waals surface area contributed by atoms with Gasteiger partial charge in [-0.3, -0.25) is 0 Å². The number of hydrogen-bond acceptors (Lipinski definition) is 3. The van der Waals surface area contributed by atoms with E-state index in [2.05, 4.69) is 10.6 Å². The largest absolute Gasteiger partial charge is 0.459 e. The number of carbonyl (C=O) groups excluding carboxylic acids is 2. The van der Waals surface area contributed by atoms with Crippen molar-refractivity contribution in [2.24, 2.45) is 0 Å². The van der Waals surface area contributed by atoms with Crippen LogP contribution in [0.3, 0.4) is 0 Å². The molecule has 0 spiro atoms. The summed E-state index contributed by atoms with van der Waals surface area (Å²) in [5.74, 6) is -0.369. The summed E-state index contributed by atoms with van der Waals surface area (Å²) in [6.07, 6.45) is 5.15. The number of halogens is 1. The van der Waals surface area contributed by atoms with Crippen LogP contribution in [0, 0.1) is 0 Å². The molecule has 0 bridgehead atoms. The van der Waals surface area contributed by atoms with Crippen molar-refractivity contribution in [2.45, 2.75) is 51.2 Å². The van der Waals surface area contributed by atoms with Crippen molar-refractivity contribution >= 4 is 23.6 Å². The Balaban J connectivity index is 1.85. The number of benzene rings is 1. The van der Waals surface area contributed by atoms with E-state index in [0.29, 0.717) is 16.3 Å². The Labute approximate surface area is 146 Å². The van der Waals surface area contributed by atoms with Crippen molar-refractivity contribution in [2.75, 3.05) is 0 Å². The SMILES string of the molecule is CC1=C(C(=O)OC2CCCCC2)[C@H](c2ccc(Cl)cc2)NC(=O)N1. The van der Waals surface area contributed by atoms with Gasteiger partial charge in [0, 0.05) is 10.7 Å². The Kier molecular flexibility index (Phi) is 5.09. The number of nitrogens with one attached hydrogen (secondary N) is 2. The Hall–Kier alpha value is -2.01. The molecule has 24 heavy (non-hydrogen) atoms. The smallest absolute Gasteiger partial charge is 0.338 e. The van der Waals surface area contributed by atoms with E-state index in [1.807, 2.05) is 0 Å². The quantitative estimate of drug-likeness (QED) is 0.815. The van der Waals surface area contributed by atoms with Gasteiger partial charge in [0.25, 0.3) is 0 Å². The van der Waals surface area contributed by atoms with Crippen LogP contribution in [0.1, 0.15) is 50.6 Å². The van der Waals surface area contributed by atoms with Gasteiger partial charge in [0.15, 0.2) is 0 Å². The fourth-order valence-corrected chi connectivity index (χ4v) is 3.39. The van der Waals surface area contributed by atoms with E-state index in [4.69, 9.17) is 16.3 Å². The molecule has 128 valence electrons. The summed E-state index contributed by atoms with van der Waals surface area (Å²) in [6, 6.07) is 6.22. The van der Waals surface area contributed by atoms with Gasteiger partial charge in [0.2, 0.25) is 0 Å². The van der Waals surface area contributed by atoms with Crippen molar-refractivity contribution in [3.63, 3.8) is 0 Å². The summed E-state index contributed by atoms with van der Waals surface area (Å²) in [5.41, 5.74) is 1.77. The lowest BCUT2D eigenvalue weighted by molar-refractivity contribution is -0.146. The van der Waals surface area contributed by atoms with Gasteiger partial charge in [-0.25, -0.2) is 9.59 Å². The van der Waals surface area contributed by atoms with Crippen molar-refractivity contribution in [3.8, 4) is 0 Å². The Bertz CT molecular complexity index is 663. The predicted octanol–water partition coefficient (Wildman–Crippen LogP) is 3.84. The maximum absolute atomic E-state index is 12.7. The normalized spacial score (nSPS) is 21.9. The number of allylic oxidation sites excluding steroid dienone is 1. The number of esters is 1. The molecule has 1 aliphatic heterocycles. The highest BCUT2D eigenvalue weighted by molar-refractivity contribution is 6.30. The zero-order valence-corrected chi connectivity index (χ0v) is 14.4. The van der Waals surface area contributed by atoms with Crippen LogP contribution in [0.15, 0.2) is 35.5 Å². The maximum Gasteiger partial charge on any atom is 0.338 e. The highest BCUT2D eigenvalue weighted by Crippen LogP contribution is 2.30. The van der Waals surface area contributed by atoms with Crippen LogP contribution in [0.2, 0.25) is 5.02 Å². The Morgan fingerprint density at radius 2 is 1.83 bits per heavy atom. The van der Waals surface area contributed by atoms with Gasteiger partial charge in [0.05, 0.1) is 11.6 Å². The lowest BCUT2D eigenvalue weighted by Crippen LogP contribution is -2.45. The molecule has 0 saturated heterocycles. The summed E-state index contributed by atoms with van der Waals surface area (Å²) >= 11 is 5.93. The van der Waals surface area contributed by atoms with E-state index in [9.17, 15) is 9.59 Å². The third-order valence-electron chi connectivity index (χ3n) is 4.52. The number of carbonyl (C=O) groups is 2. The van der Waals surface area contributed by atoms with Gasteiger partial charge >= 0.3 is 12.0 Å². The first kappa shape index (κ1) is 16.8.